The highest BCUT2D eigenvalue weighted by molar-refractivity contribution is 8.00. The lowest BCUT2D eigenvalue weighted by atomic mass is 10.2. The summed E-state index contributed by atoms with van der Waals surface area (Å²) in [4.78, 5) is 6.83. The SMILES string of the molecule is CC1SCCN(Cc2ncccc2N)C1C. The maximum atomic E-state index is 5.92. The van der Waals surface area contributed by atoms with Crippen molar-refractivity contribution in [2.24, 2.45) is 0 Å². The second-order valence-corrected chi connectivity index (χ2v) is 5.81. The molecule has 16 heavy (non-hydrogen) atoms. The number of nitrogens with two attached hydrogens (primary N) is 1. The number of aromatic nitrogens is 1. The molecule has 2 rings (SSSR count). The molecule has 0 aromatic carbocycles. The summed E-state index contributed by atoms with van der Waals surface area (Å²) in [5.41, 5.74) is 7.74. The molecule has 1 fully saturated rings. The highest BCUT2D eigenvalue weighted by atomic mass is 32.2. The van der Waals surface area contributed by atoms with Crippen molar-refractivity contribution in [1.29, 1.82) is 0 Å². The first-order valence-electron chi connectivity index (χ1n) is 5.73. The Hall–Kier alpha value is -0.740. The molecule has 2 heterocycles. The van der Waals surface area contributed by atoms with Crippen molar-refractivity contribution in [3.8, 4) is 0 Å². The van der Waals surface area contributed by atoms with Gasteiger partial charge in [0.05, 0.1) is 11.4 Å². The quantitative estimate of drug-likeness (QED) is 0.854. The van der Waals surface area contributed by atoms with Gasteiger partial charge in [-0.2, -0.15) is 11.8 Å². The molecule has 0 spiro atoms. The highest BCUT2D eigenvalue weighted by Gasteiger charge is 2.25. The topological polar surface area (TPSA) is 42.2 Å². The van der Waals surface area contributed by atoms with E-state index in [0.29, 0.717) is 11.3 Å². The number of hydrogen-bond acceptors (Lipinski definition) is 4. The van der Waals surface area contributed by atoms with E-state index in [-0.39, 0.29) is 0 Å². The van der Waals surface area contributed by atoms with Crippen molar-refractivity contribution < 1.29 is 0 Å². The summed E-state index contributed by atoms with van der Waals surface area (Å²) in [6.45, 7) is 6.59. The van der Waals surface area contributed by atoms with Gasteiger partial charge in [0.1, 0.15) is 0 Å². The number of rotatable bonds is 2. The Labute approximate surface area is 101 Å². The van der Waals surface area contributed by atoms with Gasteiger partial charge in [0.15, 0.2) is 0 Å². The lowest BCUT2D eigenvalue weighted by molar-refractivity contribution is 0.202. The third-order valence-electron chi connectivity index (χ3n) is 3.29. The first kappa shape index (κ1) is 11.7. The van der Waals surface area contributed by atoms with Crippen LogP contribution in [0.2, 0.25) is 0 Å². The van der Waals surface area contributed by atoms with E-state index in [1.165, 1.54) is 5.75 Å². The Morgan fingerprint density at radius 3 is 3.12 bits per heavy atom. The molecule has 1 aromatic heterocycles. The van der Waals surface area contributed by atoms with Gasteiger partial charge in [-0.05, 0) is 19.1 Å². The molecule has 2 N–H and O–H groups in total. The Balaban J connectivity index is 2.06. The fourth-order valence-electron chi connectivity index (χ4n) is 1.99. The Morgan fingerprint density at radius 2 is 2.38 bits per heavy atom. The molecule has 1 aliphatic rings. The molecule has 0 saturated carbocycles. The van der Waals surface area contributed by atoms with Crippen LogP contribution in [0.3, 0.4) is 0 Å². The maximum absolute atomic E-state index is 5.92. The monoisotopic (exact) mass is 237 g/mol. The minimum atomic E-state index is 0.597. The molecular weight excluding hydrogens is 218 g/mol. The Kier molecular flexibility index (Phi) is 3.71. The fraction of sp³-hybridized carbons (Fsp3) is 0.583. The summed E-state index contributed by atoms with van der Waals surface area (Å²) < 4.78 is 0. The normalized spacial score (nSPS) is 26.9. The van der Waals surface area contributed by atoms with Gasteiger partial charge in [-0.1, -0.05) is 6.92 Å². The molecule has 1 saturated heterocycles. The van der Waals surface area contributed by atoms with Crippen molar-refractivity contribution in [2.75, 3.05) is 18.0 Å². The highest BCUT2D eigenvalue weighted by Crippen LogP contribution is 2.25. The zero-order valence-electron chi connectivity index (χ0n) is 9.89. The third kappa shape index (κ3) is 2.50. The van der Waals surface area contributed by atoms with Crippen molar-refractivity contribution in [1.82, 2.24) is 9.88 Å². The van der Waals surface area contributed by atoms with Crippen LogP contribution < -0.4 is 5.73 Å². The van der Waals surface area contributed by atoms with Crippen LogP contribution >= 0.6 is 11.8 Å². The van der Waals surface area contributed by atoms with Crippen LogP contribution in [0.25, 0.3) is 0 Å². The molecule has 1 aliphatic heterocycles. The summed E-state index contributed by atoms with van der Waals surface area (Å²) >= 11 is 2.05. The Bertz CT molecular complexity index is 356. The molecule has 2 unspecified atom stereocenters. The molecule has 0 radical (unpaired) electrons. The smallest absolute Gasteiger partial charge is 0.0772 e. The summed E-state index contributed by atoms with van der Waals surface area (Å²) in [7, 11) is 0. The minimum Gasteiger partial charge on any atom is -0.397 e. The van der Waals surface area contributed by atoms with Gasteiger partial charge >= 0.3 is 0 Å². The summed E-state index contributed by atoms with van der Waals surface area (Å²) in [6, 6.07) is 4.41. The number of anilines is 1. The van der Waals surface area contributed by atoms with E-state index in [1.54, 1.807) is 0 Å². The molecule has 2 atom stereocenters. The molecule has 3 nitrogen and oxygen atoms in total. The zero-order chi connectivity index (χ0) is 11.5. The van der Waals surface area contributed by atoms with Gasteiger partial charge in [-0.15, -0.1) is 0 Å². The van der Waals surface area contributed by atoms with Gasteiger partial charge in [0.2, 0.25) is 0 Å². The standard InChI is InChI=1S/C12H19N3S/c1-9-10(2)16-7-6-15(9)8-12-11(13)4-3-5-14-12/h3-5,9-10H,6-8,13H2,1-2H3. The molecular formula is C12H19N3S. The second-order valence-electron chi connectivity index (χ2n) is 4.33. The molecule has 0 bridgehead atoms. The average molecular weight is 237 g/mol. The molecule has 0 aliphatic carbocycles. The second kappa shape index (κ2) is 5.06. The van der Waals surface area contributed by atoms with Crippen LogP contribution in [0.5, 0.6) is 0 Å². The first-order chi connectivity index (χ1) is 7.68. The number of pyridine rings is 1. The van der Waals surface area contributed by atoms with Gasteiger partial charge in [0, 0.05) is 36.3 Å². The van der Waals surface area contributed by atoms with Crippen LogP contribution in [0.4, 0.5) is 5.69 Å². The first-order valence-corrected chi connectivity index (χ1v) is 6.78. The van der Waals surface area contributed by atoms with Crippen LogP contribution in [0, 0.1) is 0 Å². The van der Waals surface area contributed by atoms with Crippen LogP contribution in [-0.4, -0.2) is 33.5 Å². The van der Waals surface area contributed by atoms with Gasteiger partial charge < -0.3 is 5.73 Å². The van der Waals surface area contributed by atoms with E-state index < -0.39 is 0 Å². The summed E-state index contributed by atoms with van der Waals surface area (Å²) in [5, 5.41) is 0.693. The lowest BCUT2D eigenvalue weighted by Crippen LogP contribution is -2.44. The largest absolute Gasteiger partial charge is 0.397 e. The van der Waals surface area contributed by atoms with Crippen LogP contribution in [0.1, 0.15) is 19.5 Å². The minimum absolute atomic E-state index is 0.597. The summed E-state index contributed by atoms with van der Waals surface area (Å²) in [5.74, 6) is 1.21. The number of hydrogen-bond donors (Lipinski definition) is 1. The average Bonchev–Trinajstić information content (AvgIpc) is 2.28. The summed E-state index contributed by atoms with van der Waals surface area (Å²) in [6.07, 6.45) is 1.82. The van der Waals surface area contributed by atoms with Crippen LogP contribution in [0.15, 0.2) is 18.3 Å². The molecule has 88 valence electrons. The Morgan fingerprint density at radius 1 is 1.56 bits per heavy atom. The van der Waals surface area contributed by atoms with E-state index in [4.69, 9.17) is 5.73 Å². The lowest BCUT2D eigenvalue weighted by Gasteiger charge is -2.37. The fourth-order valence-corrected chi connectivity index (χ4v) is 3.16. The third-order valence-corrected chi connectivity index (χ3v) is 4.63. The van der Waals surface area contributed by atoms with Gasteiger partial charge in [0.25, 0.3) is 0 Å². The zero-order valence-corrected chi connectivity index (χ0v) is 10.7. The van der Waals surface area contributed by atoms with Crippen molar-refractivity contribution in [2.45, 2.75) is 31.7 Å². The van der Waals surface area contributed by atoms with Crippen molar-refractivity contribution >= 4 is 17.4 Å². The van der Waals surface area contributed by atoms with Crippen LogP contribution in [-0.2, 0) is 6.54 Å². The van der Waals surface area contributed by atoms with E-state index in [2.05, 4.69) is 35.5 Å². The van der Waals surface area contributed by atoms with E-state index >= 15 is 0 Å². The number of thioether (sulfide) groups is 1. The van der Waals surface area contributed by atoms with Crippen molar-refractivity contribution in [3.63, 3.8) is 0 Å². The predicted molar refractivity (Wildman–Crippen MR) is 70.4 cm³/mol. The molecule has 1 aromatic rings. The van der Waals surface area contributed by atoms with Gasteiger partial charge in [-0.3, -0.25) is 9.88 Å². The molecule has 4 heteroatoms. The van der Waals surface area contributed by atoms with E-state index in [0.717, 1.165) is 24.5 Å². The maximum Gasteiger partial charge on any atom is 0.0772 e. The van der Waals surface area contributed by atoms with E-state index in [1.807, 2.05) is 18.3 Å². The number of nitrogen functional groups attached to an aromatic ring is 1. The van der Waals surface area contributed by atoms with E-state index in [9.17, 15) is 0 Å². The predicted octanol–water partition coefficient (Wildman–Crippen LogP) is 1.99. The molecule has 0 amide bonds. The van der Waals surface area contributed by atoms with Gasteiger partial charge in [-0.25, -0.2) is 0 Å². The van der Waals surface area contributed by atoms with Crippen molar-refractivity contribution in [3.05, 3.63) is 24.0 Å². The number of nitrogens with zero attached hydrogens (tertiary/aromatic N) is 2.